The largest absolute Gasteiger partial charge is 0.489 e. The fourth-order valence-corrected chi connectivity index (χ4v) is 2.29. The second-order valence-electron chi connectivity index (χ2n) is 6.52. The lowest BCUT2D eigenvalue weighted by Crippen LogP contribution is -2.44. The van der Waals surface area contributed by atoms with Crippen LogP contribution in [0.2, 0.25) is 0 Å². The average molecular weight is 403 g/mol. The van der Waals surface area contributed by atoms with Gasteiger partial charge in [0.2, 0.25) is 0 Å². The molecule has 0 radical (unpaired) electrons. The number of aromatic nitrogens is 1. The van der Waals surface area contributed by atoms with Gasteiger partial charge in [-0.3, -0.25) is 10.1 Å². The molecule has 1 aromatic heterocycles. The molecule has 0 saturated heterocycles. The van der Waals surface area contributed by atoms with Crippen molar-refractivity contribution in [2.75, 3.05) is 6.61 Å². The van der Waals surface area contributed by atoms with Crippen LogP contribution in [0.5, 0.6) is 5.75 Å². The van der Waals surface area contributed by atoms with Gasteiger partial charge < -0.3 is 19.3 Å². The number of rotatable bonds is 8. The second-order valence-corrected chi connectivity index (χ2v) is 6.52. The third-order valence-electron chi connectivity index (χ3n) is 4.23. The van der Waals surface area contributed by atoms with Crippen molar-refractivity contribution in [3.63, 3.8) is 0 Å². The maximum atomic E-state index is 12.0. The molecule has 0 saturated carbocycles. The molecule has 9 nitrogen and oxygen atoms in total. The van der Waals surface area contributed by atoms with Crippen molar-refractivity contribution in [2.45, 2.75) is 46.8 Å². The number of hydrogen-bond acceptors (Lipinski definition) is 7. The minimum atomic E-state index is -0.710. The molecule has 1 aromatic carbocycles. The molecule has 1 atom stereocenters. The third kappa shape index (κ3) is 6.63. The quantitative estimate of drug-likeness (QED) is 0.650. The van der Waals surface area contributed by atoms with Crippen LogP contribution in [0.25, 0.3) is 0 Å². The van der Waals surface area contributed by atoms with E-state index in [1.54, 1.807) is 12.1 Å². The summed E-state index contributed by atoms with van der Waals surface area (Å²) in [7, 11) is 0. The summed E-state index contributed by atoms with van der Waals surface area (Å²) in [6, 6.07) is 5.60. The second kappa shape index (κ2) is 10.3. The van der Waals surface area contributed by atoms with Crippen molar-refractivity contribution in [1.29, 1.82) is 0 Å². The Bertz CT molecular complexity index is 840. The van der Waals surface area contributed by atoms with E-state index < -0.39 is 24.5 Å². The van der Waals surface area contributed by atoms with Crippen LogP contribution >= 0.6 is 0 Å². The van der Waals surface area contributed by atoms with Crippen molar-refractivity contribution < 1.29 is 28.4 Å². The number of nitrogens with one attached hydrogen (secondary N) is 2. The van der Waals surface area contributed by atoms with Crippen molar-refractivity contribution in [2.24, 2.45) is 0 Å². The van der Waals surface area contributed by atoms with Gasteiger partial charge in [-0.1, -0.05) is 12.1 Å². The first kappa shape index (κ1) is 21.9. The van der Waals surface area contributed by atoms with E-state index in [0.29, 0.717) is 18.1 Å². The number of urea groups is 1. The molecule has 0 aliphatic carbocycles. The zero-order valence-electron chi connectivity index (χ0n) is 16.9. The first-order chi connectivity index (χ1) is 13.8. The molecule has 2 aromatic rings. The van der Waals surface area contributed by atoms with Gasteiger partial charge in [-0.05, 0) is 51.5 Å². The van der Waals surface area contributed by atoms with Crippen molar-refractivity contribution in [3.8, 4) is 5.75 Å². The monoisotopic (exact) mass is 403 g/mol. The number of carbonyl (C=O) groups is 3. The first-order valence-corrected chi connectivity index (χ1v) is 9.22. The number of benzene rings is 1. The van der Waals surface area contributed by atoms with Gasteiger partial charge in [0.15, 0.2) is 6.61 Å². The Balaban J connectivity index is 1.79. The molecule has 0 aliphatic heterocycles. The summed E-state index contributed by atoms with van der Waals surface area (Å²) < 4.78 is 15.7. The smallest absolute Gasteiger partial charge is 0.338 e. The van der Waals surface area contributed by atoms with Crippen LogP contribution in [0.3, 0.4) is 0 Å². The lowest BCUT2D eigenvalue weighted by molar-refractivity contribution is -0.123. The first-order valence-electron chi connectivity index (χ1n) is 9.22. The van der Waals surface area contributed by atoms with Gasteiger partial charge in [-0.25, -0.2) is 9.59 Å². The normalized spacial score (nSPS) is 11.4. The van der Waals surface area contributed by atoms with Crippen LogP contribution in [0.15, 0.2) is 28.8 Å². The summed E-state index contributed by atoms with van der Waals surface area (Å²) >= 11 is 0. The molecule has 3 amide bonds. The van der Waals surface area contributed by atoms with Crippen LogP contribution in [-0.2, 0) is 16.1 Å². The van der Waals surface area contributed by atoms with E-state index in [-0.39, 0.29) is 11.6 Å². The predicted molar refractivity (Wildman–Crippen MR) is 103 cm³/mol. The molecule has 0 fully saturated rings. The van der Waals surface area contributed by atoms with Gasteiger partial charge in [0.25, 0.3) is 5.91 Å². The predicted octanol–water partition coefficient (Wildman–Crippen LogP) is 2.65. The van der Waals surface area contributed by atoms with Gasteiger partial charge in [-0.2, -0.15) is 0 Å². The molecule has 2 N–H and O–H groups in total. The summed E-state index contributed by atoms with van der Waals surface area (Å²) in [6.07, 6.45) is 0.731. The number of nitrogens with zero attached hydrogens (tertiary/aromatic N) is 1. The fourth-order valence-electron chi connectivity index (χ4n) is 2.29. The van der Waals surface area contributed by atoms with Crippen molar-refractivity contribution >= 4 is 17.9 Å². The molecule has 2 rings (SSSR count). The Morgan fingerprint density at radius 2 is 1.86 bits per heavy atom. The Hall–Kier alpha value is -3.36. The molecule has 0 spiro atoms. The van der Waals surface area contributed by atoms with E-state index >= 15 is 0 Å². The number of imide groups is 1. The van der Waals surface area contributed by atoms with E-state index in [0.717, 1.165) is 17.7 Å². The molecule has 0 aliphatic rings. The molecular weight excluding hydrogens is 378 g/mol. The minimum absolute atomic E-state index is 0.0660. The summed E-state index contributed by atoms with van der Waals surface area (Å²) in [5, 5.41) is 8.54. The number of esters is 1. The van der Waals surface area contributed by atoms with Crippen LogP contribution in [-0.4, -0.2) is 35.7 Å². The Kier molecular flexibility index (Phi) is 7.76. The van der Waals surface area contributed by atoms with Crippen LogP contribution in [0.1, 0.15) is 47.6 Å². The topological polar surface area (TPSA) is 120 Å². The van der Waals surface area contributed by atoms with E-state index in [9.17, 15) is 14.4 Å². The maximum Gasteiger partial charge on any atom is 0.338 e. The fraction of sp³-hybridized carbons (Fsp3) is 0.400. The molecule has 0 unspecified atom stereocenters. The van der Waals surface area contributed by atoms with Crippen molar-refractivity contribution in [1.82, 2.24) is 15.8 Å². The van der Waals surface area contributed by atoms with Gasteiger partial charge in [-0.15, -0.1) is 0 Å². The maximum absolute atomic E-state index is 12.0. The molecule has 9 heteroatoms. The van der Waals surface area contributed by atoms with E-state index in [1.165, 1.54) is 12.1 Å². The average Bonchev–Trinajstić information content (AvgIpc) is 3.02. The molecule has 1 heterocycles. The van der Waals surface area contributed by atoms with E-state index in [1.807, 2.05) is 27.7 Å². The zero-order valence-corrected chi connectivity index (χ0v) is 16.9. The Morgan fingerprint density at radius 1 is 1.17 bits per heavy atom. The number of ether oxygens (including phenoxy) is 2. The highest BCUT2D eigenvalue weighted by Gasteiger charge is 2.14. The van der Waals surface area contributed by atoms with E-state index in [2.05, 4.69) is 15.8 Å². The third-order valence-corrected chi connectivity index (χ3v) is 4.23. The number of aryl methyl sites for hydroxylation is 2. The summed E-state index contributed by atoms with van der Waals surface area (Å²) in [5.41, 5.74) is 1.89. The highest BCUT2D eigenvalue weighted by atomic mass is 16.5. The van der Waals surface area contributed by atoms with Crippen LogP contribution in [0, 0.1) is 13.8 Å². The molecular formula is C20H25N3O6. The molecule has 0 bridgehead atoms. The van der Waals surface area contributed by atoms with Gasteiger partial charge in [0, 0.05) is 6.04 Å². The Labute approximate surface area is 168 Å². The SMILES string of the molecule is CC[C@H](C)NC(=O)NC(=O)COC(=O)c1ccc(OCc2c(C)noc2C)cc1. The van der Waals surface area contributed by atoms with Crippen molar-refractivity contribution in [3.05, 3.63) is 46.8 Å². The van der Waals surface area contributed by atoms with Gasteiger partial charge >= 0.3 is 12.0 Å². The lowest BCUT2D eigenvalue weighted by Gasteiger charge is -2.12. The standard InChI is InChI=1S/C20H25N3O6/c1-5-12(2)21-20(26)22-18(24)11-28-19(25)15-6-8-16(9-7-15)27-10-17-13(3)23-29-14(17)4/h6-9,12H,5,10-11H2,1-4H3,(H2,21,22,24,26)/t12-/m0/s1. The lowest BCUT2D eigenvalue weighted by atomic mass is 10.2. The summed E-state index contributed by atoms with van der Waals surface area (Å²) in [5.74, 6) is -0.141. The zero-order chi connectivity index (χ0) is 21.4. The van der Waals surface area contributed by atoms with Crippen LogP contribution < -0.4 is 15.4 Å². The summed E-state index contributed by atoms with van der Waals surface area (Å²) in [6.45, 7) is 7.09. The molecule has 156 valence electrons. The van der Waals surface area contributed by atoms with Crippen LogP contribution in [0.4, 0.5) is 4.79 Å². The minimum Gasteiger partial charge on any atom is -0.489 e. The molecule has 29 heavy (non-hydrogen) atoms. The van der Waals surface area contributed by atoms with Gasteiger partial charge in [0.05, 0.1) is 16.8 Å². The van der Waals surface area contributed by atoms with E-state index in [4.69, 9.17) is 14.0 Å². The highest BCUT2D eigenvalue weighted by Crippen LogP contribution is 2.18. The summed E-state index contributed by atoms with van der Waals surface area (Å²) in [4.78, 5) is 35.3. The number of carbonyl (C=O) groups excluding carboxylic acids is 3. The number of hydrogen-bond donors (Lipinski definition) is 2. The van der Waals surface area contributed by atoms with Gasteiger partial charge in [0.1, 0.15) is 18.1 Å². The number of amides is 3. The highest BCUT2D eigenvalue weighted by molar-refractivity contribution is 5.97. The Morgan fingerprint density at radius 3 is 2.45 bits per heavy atom.